The molecule has 2 N–H and O–H groups in total. The maximum absolute atomic E-state index is 12.5. The Morgan fingerprint density at radius 2 is 1.85 bits per heavy atom. The summed E-state index contributed by atoms with van der Waals surface area (Å²) < 4.78 is 0. The van der Waals surface area contributed by atoms with Crippen molar-refractivity contribution in [3.05, 3.63) is 75.3 Å². The minimum Gasteiger partial charge on any atom is -0.355 e. The zero-order chi connectivity index (χ0) is 19.4. The zero-order valence-corrected chi connectivity index (χ0v) is 16.4. The van der Waals surface area contributed by atoms with Gasteiger partial charge in [0.15, 0.2) is 0 Å². The molecule has 0 saturated heterocycles. The van der Waals surface area contributed by atoms with Gasteiger partial charge in [0.25, 0.3) is 11.8 Å². The first-order valence-electron chi connectivity index (χ1n) is 8.30. The molecule has 0 atom stereocenters. The molecule has 0 aliphatic heterocycles. The second-order valence-corrected chi connectivity index (χ2v) is 7.34. The van der Waals surface area contributed by atoms with Gasteiger partial charge in [0.2, 0.25) is 0 Å². The first-order valence-corrected chi connectivity index (χ1v) is 9.50. The maximum atomic E-state index is 12.5. The summed E-state index contributed by atoms with van der Waals surface area (Å²) in [5, 5.41) is 6.87. The quantitative estimate of drug-likeness (QED) is 0.679. The first-order chi connectivity index (χ1) is 13.0. The Bertz CT molecular complexity index is 983. The molecule has 0 unspecified atom stereocenters. The SMILES string of the molecule is CNC(=O)c1ccc(CNC(=O)c2sc(-c3cccc(Cl)c3)nc2C)cc1. The molecular weight excluding hydrogens is 382 g/mol. The molecule has 2 amide bonds. The van der Waals surface area contributed by atoms with Crippen LogP contribution in [0.4, 0.5) is 0 Å². The second kappa shape index (κ2) is 8.33. The lowest BCUT2D eigenvalue weighted by Crippen LogP contribution is -2.22. The Labute approximate surface area is 166 Å². The van der Waals surface area contributed by atoms with Crippen LogP contribution < -0.4 is 10.6 Å². The van der Waals surface area contributed by atoms with E-state index >= 15 is 0 Å². The molecule has 0 fully saturated rings. The van der Waals surface area contributed by atoms with E-state index in [1.807, 2.05) is 37.3 Å². The van der Waals surface area contributed by atoms with Gasteiger partial charge < -0.3 is 10.6 Å². The lowest BCUT2D eigenvalue weighted by atomic mass is 10.1. The van der Waals surface area contributed by atoms with E-state index in [4.69, 9.17) is 11.6 Å². The highest BCUT2D eigenvalue weighted by Gasteiger charge is 2.16. The molecule has 1 heterocycles. The van der Waals surface area contributed by atoms with Gasteiger partial charge in [-0.2, -0.15) is 0 Å². The summed E-state index contributed by atoms with van der Waals surface area (Å²) in [5.41, 5.74) is 3.06. The van der Waals surface area contributed by atoms with Crippen LogP contribution in [0.15, 0.2) is 48.5 Å². The molecule has 0 aliphatic rings. The number of rotatable bonds is 5. The van der Waals surface area contributed by atoms with Gasteiger partial charge in [0, 0.05) is 29.7 Å². The van der Waals surface area contributed by atoms with Crippen LogP contribution in [-0.4, -0.2) is 23.8 Å². The maximum Gasteiger partial charge on any atom is 0.263 e. The van der Waals surface area contributed by atoms with Gasteiger partial charge in [-0.1, -0.05) is 35.9 Å². The molecule has 138 valence electrons. The summed E-state index contributed by atoms with van der Waals surface area (Å²) in [6.07, 6.45) is 0. The number of halogens is 1. The number of benzene rings is 2. The number of thiazole rings is 1. The third-order valence-electron chi connectivity index (χ3n) is 3.97. The standard InChI is InChI=1S/C20H18ClN3O2S/c1-12-17(27-20(24-12)15-4-3-5-16(21)10-15)19(26)23-11-13-6-8-14(9-7-13)18(25)22-2/h3-10H,11H2,1-2H3,(H,22,25)(H,23,26). The lowest BCUT2D eigenvalue weighted by molar-refractivity contribution is 0.0948. The van der Waals surface area contributed by atoms with Crippen molar-refractivity contribution in [1.82, 2.24) is 15.6 Å². The molecule has 0 radical (unpaired) electrons. The first kappa shape index (κ1) is 19.1. The van der Waals surface area contributed by atoms with Crippen LogP contribution in [0.5, 0.6) is 0 Å². The number of carbonyl (C=O) groups is 2. The summed E-state index contributed by atoms with van der Waals surface area (Å²) >= 11 is 7.37. The van der Waals surface area contributed by atoms with Crippen molar-refractivity contribution in [2.45, 2.75) is 13.5 Å². The van der Waals surface area contributed by atoms with Crippen LogP contribution in [0, 0.1) is 6.92 Å². The van der Waals surface area contributed by atoms with Crippen LogP contribution in [-0.2, 0) is 6.54 Å². The molecule has 5 nitrogen and oxygen atoms in total. The Morgan fingerprint density at radius 1 is 1.11 bits per heavy atom. The van der Waals surface area contributed by atoms with E-state index < -0.39 is 0 Å². The smallest absolute Gasteiger partial charge is 0.263 e. The van der Waals surface area contributed by atoms with Crippen molar-refractivity contribution in [3.63, 3.8) is 0 Å². The number of carbonyl (C=O) groups excluding carboxylic acids is 2. The fourth-order valence-electron chi connectivity index (χ4n) is 2.53. The van der Waals surface area contributed by atoms with Crippen molar-refractivity contribution in [1.29, 1.82) is 0 Å². The number of hydrogen-bond donors (Lipinski definition) is 2. The molecule has 3 rings (SSSR count). The Morgan fingerprint density at radius 3 is 2.52 bits per heavy atom. The van der Waals surface area contributed by atoms with Gasteiger partial charge in [-0.25, -0.2) is 4.98 Å². The number of hydrogen-bond acceptors (Lipinski definition) is 4. The molecule has 0 saturated carbocycles. The van der Waals surface area contributed by atoms with Gasteiger partial charge in [-0.15, -0.1) is 11.3 Å². The van der Waals surface area contributed by atoms with Crippen molar-refractivity contribution < 1.29 is 9.59 Å². The van der Waals surface area contributed by atoms with Crippen molar-refractivity contribution in [2.24, 2.45) is 0 Å². The minimum atomic E-state index is -0.173. The Kier molecular flexibility index (Phi) is 5.88. The molecular formula is C20H18ClN3O2S. The summed E-state index contributed by atoms with van der Waals surface area (Å²) in [4.78, 5) is 29.2. The van der Waals surface area contributed by atoms with E-state index in [-0.39, 0.29) is 11.8 Å². The third kappa shape index (κ3) is 4.53. The van der Waals surface area contributed by atoms with Crippen LogP contribution in [0.1, 0.15) is 31.3 Å². The number of nitrogens with one attached hydrogen (secondary N) is 2. The van der Waals surface area contributed by atoms with Gasteiger partial charge in [-0.05, 0) is 36.8 Å². The van der Waals surface area contributed by atoms with Crippen molar-refractivity contribution in [3.8, 4) is 10.6 Å². The van der Waals surface area contributed by atoms with Crippen LogP contribution in [0.25, 0.3) is 10.6 Å². The van der Waals surface area contributed by atoms with Crippen LogP contribution in [0.3, 0.4) is 0 Å². The molecule has 0 aliphatic carbocycles. The van der Waals surface area contributed by atoms with Crippen LogP contribution in [0.2, 0.25) is 5.02 Å². The highest BCUT2D eigenvalue weighted by atomic mass is 35.5. The number of aryl methyl sites for hydroxylation is 1. The molecule has 7 heteroatoms. The zero-order valence-electron chi connectivity index (χ0n) is 14.9. The topological polar surface area (TPSA) is 71.1 Å². The minimum absolute atomic E-state index is 0.139. The third-order valence-corrected chi connectivity index (χ3v) is 5.41. The highest BCUT2D eigenvalue weighted by molar-refractivity contribution is 7.17. The average molecular weight is 400 g/mol. The normalized spacial score (nSPS) is 10.5. The molecule has 0 bridgehead atoms. The van der Waals surface area contributed by atoms with Gasteiger partial charge in [-0.3, -0.25) is 9.59 Å². The van der Waals surface area contributed by atoms with Crippen molar-refractivity contribution >= 4 is 34.8 Å². The van der Waals surface area contributed by atoms with E-state index in [0.29, 0.717) is 27.7 Å². The highest BCUT2D eigenvalue weighted by Crippen LogP contribution is 2.29. The number of nitrogens with zero attached hydrogens (tertiary/aromatic N) is 1. The fraction of sp³-hybridized carbons (Fsp3) is 0.150. The van der Waals surface area contributed by atoms with E-state index in [9.17, 15) is 9.59 Å². The van der Waals surface area contributed by atoms with Gasteiger partial charge in [0.05, 0.1) is 5.69 Å². The summed E-state index contributed by atoms with van der Waals surface area (Å²) in [6, 6.07) is 14.5. The Balaban J connectivity index is 1.69. The fourth-order valence-corrected chi connectivity index (χ4v) is 3.70. The van der Waals surface area contributed by atoms with Gasteiger partial charge >= 0.3 is 0 Å². The molecule has 1 aromatic heterocycles. The van der Waals surface area contributed by atoms with Crippen LogP contribution >= 0.6 is 22.9 Å². The van der Waals surface area contributed by atoms with E-state index in [1.165, 1.54) is 11.3 Å². The monoisotopic (exact) mass is 399 g/mol. The second-order valence-electron chi connectivity index (χ2n) is 5.90. The predicted molar refractivity (Wildman–Crippen MR) is 108 cm³/mol. The molecule has 3 aromatic rings. The lowest BCUT2D eigenvalue weighted by Gasteiger charge is -2.05. The number of amides is 2. The van der Waals surface area contributed by atoms with E-state index in [1.54, 1.807) is 25.2 Å². The Hall–Kier alpha value is -2.70. The average Bonchev–Trinajstić information content (AvgIpc) is 3.08. The molecule has 0 spiro atoms. The predicted octanol–water partition coefficient (Wildman–Crippen LogP) is 4.06. The summed E-state index contributed by atoms with van der Waals surface area (Å²) in [5.74, 6) is -0.312. The van der Waals surface area contributed by atoms with Gasteiger partial charge in [0.1, 0.15) is 9.88 Å². The van der Waals surface area contributed by atoms with E-state index in [0.717, 1.165) is 16.1 Å². The summed E-state index contributed by atoms with van der Waals surface area (Å²) in [6.45, 7) is 2.19. The summed E-state index contributed by atoms with van der Waals surface area (Å²) in [7, 11) is 1.59. The van der Waals surface area contributed by atoms with E-state index in [2.05, 4.69) is 15.6 Å². The number of aromatic nitrogens is 1. The van der Waals surface area contributed by atoms with Crippen molar-refractivity contribution in [2.75, 3.05) is 7.05 Å². The molecule has 27 heavy (non-hydrogen) atoms. The largest absolute Gasteiger partial charge is 0.355 e. The molecule has 2 aromatic carbocycles.